The van der Waals surface area contributed by atoms with Crippen molar-refractivity contribution in [3.8, 4) is 0 Å². The number of rotatable bonds is 3. The summed E-state index contributed by atoms with van der Waals surface area (Å²) in [5.41, 5.74) is 1.61. The number of aliphatic imine (C=N–C) groups is 1. The lowest BCUT2D eigenvalue weighted by atomic mass is 10.0. The van der Waals surface area contributed by atoms with Crippen molar-refractivity contribution in [1.82, 2.24) is 9.88 Å². The third-order valence-corrected chi connectivity index (χ3v) is 3.87. The van der Waals surface area contributed by atoms with Crippen molar-refractivity contribution in [3.63, 3.8) is 0 Å². The van der Waals surface area contributed by atoms with Gasteiger partial charge in [-0.05, 0) is 32.4 Å². The Morgan fingerprint density at radius 3 is 2.86 bits per heavy atom. The van der Waals surface area contributed by atoms with E-state index >= 15 is 0 Å². The highest BCUT2D eigenvalue weighted by Crippen LogP contribution is 2.24. The maximum Gasteiger partial charge on any atom is 0.101 e. The molecule has 0 spiro atoms. The normalized spacial score (nSPS) is 22.5. The fourth-order valence-corrected chi connectivity index (χ4v) is 2.57. The standard InChI is InChI=1S/C16H21N3O2/c1-16(2,20)15-4-3-12(9-18-15)14-10-19(7-6-17-14)13-5-8-21-11-13/h3-4,6,9-10,13,20H,5,7-8,11H2,1-2H3. The molecule has 0 aromatic carbocycles. The highest BCUT2D eigenvalue weighted by atomic mass is 16.5. The first kappa shape index (κ1) is 14.2. The van der Waals surface area contributed by atoms with Crippen LogP contribution in [-0.2, 0) is 10.3 Å². The largest absolute Gasteiger partial charge is 0.384 e. The fraction of sp³-hybridized carbons (Fsp3) is 0.500. The van der Waals surface area contributed by atoms with Gasteiger partial charge in [-0.15, -0.1) is 0 Å². The van der Waals surface area contributed by atoms with Gasteiger partial charge in [0, 0.05) is 30.8 Å². The van der Waals surface area contributed by atoms with E-state index in [1.54, 1.807) is 20.0 Å². The Morgan fingerprint density at radius 1 is 1.38 bits per heavy atom. The molecule has 1 aromatic heterocycles. The minimum atomic E-state index is -0.921. The molecule has 1 atom stereocenters. The number of aromatic nitrogens is 1. The van der Waals surface area contributed by atoms with Crippen molar-refractivity contribution in [2.24, 2.45) is 4.99 Å². The van der Waals surface area contributed by atoms with Gasteiger partial charge in [0.25, 0.3) is 0 Å². The predicted molar refractivity (Wildman–Crippen MR) is 81.9 cm³/mol. The minimum absolute atomic E-state index is 0.440. The molecule has 1 N–H and O–H groups in total. The summed E-state index contributed by atoms with van der Waals surface area (Å²) in [5.74, 6) is 0. The summed E-state index contributed by atoms with van der Waals surface area (Å²) >= 11 is 0. The average Bonchev–Trinajstić information content (AvgIpc) is 3.01. The quantitative estimate of drug-likeness (QED) is 0.920. The molecule has 1 fully saturated rings. The van der Waals surface area contributed by atoms with Gasteiger partial charge in [0.15, 0.2) is 0 Å². The molecule has 5 nitrogen and oxygen atoms in total. The maximum atomic E-state index is 9.95. The summed E-state index contributed by atoms with van der Waals surface area (Å²) in [7, 11) is 0. The van der Waals surface area contributed by atoms with Crippen LogP contribution in [0.2, 0.25) is 0 Å². The number of pyridine rings is 1. The zero-order valence-corrected chi connectivity index (χ0v) is 12.5. The van der Waals surface area contributed by atoms with Gasteiger partial charge < -0.3 is 14.7 Å². The molecule has 2 aliphatic heterocycles. The van der Waals surface area contributed by atoms with Crippen LogP contribution >= 0.6 is 0 Å². The second-order valence-corrected chi connectivity index (χ2v) is 6.03. The number of aliphatic hydroxyl groups is 1. The van der Waals surface area contributed by atoms with E-state index in [-0.39, 0.29) is 0 Å². The highest BCUT2D eigenvalue weighted by Gasteiger charge is 2.23. The van der Waals surface area contributed by atoms with Crippen LogP contribution in [0.15, 0.2) is 29.5 Å². The molecule has 1 saturated heterocycles. The van der Waals surface area contributed by atoms with Crippen molar-refractivity contribution < 1.29 is 9.84 Å². The molecule has 5 heteroatoms. The summed E-state index contributed by atoms with van der Waals surface area (Å²) in [6.45, 7) is 5.91. The molecule has 3 heterocycles. The topological polar surface area (TPSA) is 58.0 Å². The van der Waals surface area contributed by atoms with Crippen molar-refractivity contribution in [2.45, 2.75) is 31.9 Å². The lowest BCUT2D eigenvalue weighted by Crippen LogP contribution is -2.34. The summed E-state index contributed by atoms with van der Waals surface area (Å²) < 4.78 is 5.45. The van der Waals surface area contributed by atoms with Gasteiger partial charge in [0.2, 0.25) is 0 Å². The number of nitrogens with zero attached hydrogens (tertiary/aromatic N) is 3. The SMILES string of the molecule is CC(C)(O)c1ccc(C2=CN(C3CCOC3)CC=N2)cn1. The first-order chi connectivity index (χ1) is 10.0. The lowest BCUT2D eigenvalue weighted by molar-refractivity contribution is 0.0738. The maximum absolute atomic E-state index is 9.95. The molecule has 0 aliphatic carbocycles. The Labute approximate surface area is 125 Å². The second-order valence-electron chi connectivity index (χ2n) is 6.03. The van der Waals surface area contributed by atoms with E-state index in [4.69, 9.17) is 4.74 Å². The van der Waals surface area contributed by atoms with Gasteiger partial charge in [-0.2, -0.15) is 0 Å². The van der Waals surface area contributed by atoms with Crippen molar-refractivity contribution in [2.75, 3.05) is 19.8 Å². The van der Waals surface area contributed by atoms with Gasteiger partial charge in [-0.3, -0.25) is 9.98 Å². The molecule has 112 valence electrons. The van der Waals surface area contributed by atoms with Gasteiger partial charge in [-0.1, -0.05) is 0 Å². The van der Waals surface area contributed by atoms with Gasteiger partial charge in [0.05, 0.1) is 30.6 Å². The summed E-state index contributed by atoms with van der Waals surface area (Å²) in [5, 5.41) is 9.95. The molecule has 0 saturated carbocycles. The second kappa shape index (κ2) is 5.58. The van der Waals surface area contributed by atoms with Crippen LogP contribution in [0.3, 0.4) is 0 Å². The van der Waals surface area contributed by atoms with E-state index < -0.39 is 5.60 Å². The van der Waals surface area contributed by atoms with Crippen molar-refractivity contribution in [1.29, 1.82) is 0 Å². The molecule has 21 heavy (non-hydrogen) atoms. The molecule has 1 aromatic rings. The Kier molecular flexibility index (Phi) is 3.78. The van der Waals surface area contributed by atoms with E-state index in [1.165, 1.54) is 0 Å². The molecule has 0 amide bonds. The molecular formula is C16H21N3O2. The van der Waals surface area contributed by atoms with E-state index in [0.717, 1.165) is 37.4 Å². The van der Waals surface area contributed by atoms with Crippen LogP contribution in [0, 0.1) is 0 Å². The van der Waals surface area contributed by atoms with Crippen LogP contribution < -0.4 is 0 Å². The summed E-state index contributed by atoms with van der Waals surface area (Å²) in [6, 6.07) is 4.25. The smallest absolute Gasteiger partial charge is 0.101 e. The number of hydrogen-bond acceptors (Lipinski definition) is 5. The summed E-state index contributed by atoms with van der Waals surface area (Å²) in [6.07, 6.45) is 6.84. The van der Waals surface area contributed by atoms with Crippen LogP contribution in [0.5, 0.6) is 0 Å². The van der Waals surface area contributed by atoms with Crippen molar-refractivity contribution >= 4 is 11.9 Å². The number of hydrogen-bond donors (Lipinski definition) is 1. The van der Waals surface area contributed by atoms with E-state index in [1.807, 2.05) is 18.3 Å². The zero-order chi connectivity index (χ0) is 14.9. The van der Waals surface area contributed by atoms with Gasteiger partial charge >= 0.3 is 0 Å². The van der Waals surface area contributed by atoms with E-state index in [9.17, 15) is 5.11 Å². The molecule has 0 radical (unpaired) electrons. The molecule has 1 unspecified atom stereocenters. The van der Waals surface area contributed by atoms with Crippen LogP contribution in [-0.4, -0.2) is 47.0 Å². The Hall–Kier alpha value is -1.72. The third-order valence-electron chi connectivity index (χ3n) is 3.87. The Bertz CT molecular complexity index is 552. The fourth-order valence-electron chi connectivity index (χ4n) is 2.57. The Balaban J connectivity index is 1.80. The highest BCUT2D eigenvalue weighted by molar-refractivity contribution is 5.76. The van der Waals surface area contributed by atoms with Gasteiger partial charge in [0.1, 0.15) is 5.60 Å². The van der Waals surface area contributed by atoms with Gasteiger partial charge in [-0.25, -0.2) is 0 Å². The Morgan fingerprint density at radius 2 is 2.24 bits per heavy atom. The molecule has 0 bridgehead atoms. The van der Waals surface area contributed by atoms with E-state index in [2.05, 4.69) is 21.1 Å². The predicted octanol–water partition coefficient (Wildman–Crippen LogP) is 1.78. The minimum Gasteiger partial charge on any atom is -0.384 e. The average molecular weight is 287 g/mol. The van der Waals surface area contributed by atoms with Crippen LogP contribution in [0.4, 0.5) is 0 Å². The third kappa shape index (κ3) is 3.14. The lowest BCUT2D eigenvalue weighted by Gasteiger charge is -2.27. The number of ether oxygens (including phenoxy) is 1. The first-order valence-corrected chi connectivity index (χ1v) is 7.31. The van der Waals surface area contributed by atoms with Crippen molar-refractivity contribution in [3.05, 3.63) is 35.8 Å². The van der Waals surface area contributed by atoms with Crippen LogP contribution in [0.1, 0.15) is 31.5 Å². The molecule has 3 rings (SSSR count). The summed E-state index contributed by atoms with van der Waals surface area (Å²) in [4.78, 5) is 11.1. The zero-order valence-electron chi connectivity index (χ0n) is 12.5. The first-order valence-electron chi connectivity index (χ1n) is 7.31. The van der Waals surface area contributed by atoms with E-state index in [0.29, 0.717) is 11.7 Å². The molecule has 2 aliphatic rings. The monoisotopic (exact) mass is 287 g/mol. The van der Waals surface area contributed by atoms with Crippen LogP contribution in [0.25, 0.3) is 5.70 Å². The molecular weight excluding hydrogens is 266 g/mol.